The highest BCUT2D eigenvalue weighted by molar-refractivity contribution is 5.94. The maximum absolute atomic E-state index is 12.3. The Bertz CT molecular complexity index is 518. The minimum atomic E-state index is -0.353. The van der Waals surface area contributed by atoms with Crippen LogP contribution < -0.4 is 0 Å². The van der Waals surface area contributed by atoms with E-state index in [1.807, 2.05) is 35.2 Å². The number of aliphatic hydroxyl groups is 1. The van der Waals surface area contributed by atoms with Crippen LogP contribution in [0.2, 0.25) is 0 Å². The summed E-state index contributed by atoms with van der Waals surface area (Å²) >= 11 is 0. The molecule has 0 atom stereocenters. The van der Waals surface area contributed by atoms with Gasteiger partial charge in [0, 0.05) is 37.7 Å². The Kier molecular flexibility index (Phi) is 3.92. The molecule has 0 saturated carbocycles. The third kappa shape index (κ3) is 2.93. The summed E-state index contributed by atoms with van der Waals surface area (Å²) in [7, 11) is 0. The van der Waals surface area contributed by atoms with Crippen LogP contribution in [0.5, 0.6) is 0 Å². The lowest BCUT2D eigenvalue weighted by Crippen LogP contribution is -2.56. The van der Waals surface area contributed by atoms with Gasteiger partial charge in [0.15, 0.2) is 0 Å². The Labute approximate surface area is 124 Å². The smallest absolute Gasteiger partial charge is 0.253 e. The van der Waals surface area contributed by atoms with E-state index < -0.39 is 0 Å². The van der Waals surface area contributed by atoms with Crippen molar-refractivity contribution < 1.29 is 14.7 Å². The zero-order chi connectivity index (χ0) is 14.8. The van der Waals surface area contributed by atoms with Crippen LogP contribution in [0.4, 0.5) is 0 Å². The quantitative estimate of drug-likeness (QED) is 0.873. The molecular weight excluding hydrogens is 268 g/mol. The molecule has 3 rings (SSSR count). The molecule has 2 aliphatic rings. The van der Waals surface area contributed by atoms with E-state index in [9.17, 15) is 14.7 Å². The van der Waals surface area contributed by atoms with Crippen LogP contribution in [-0.4, -0.2) is 59.0 Å². The van der Waals surface area contributed by atoms with Gasteiger partial charge in [-0.1, -0.05) is 18.2 Å². The lowest BCUT2D eigenvalue weighted by atomic mass is 9.93. The molecule has 2 heterocycles. The van der Waals surface area contributed by atoms with Gasteiger partial charge in [-0.15, -0.1) is 0 Å². The Morgan fingerprint density at radius 2 is 1.62 bits per heavy atom. The molecule has 21 heavy (non-hydrogen) atoms. The van der Waals surface area contributed by atoms with Crippen LogP contribution in [0.1, 0.15) is 23.2 Å². The van der Waals surface area contributed by atoms with E-state index in [4.69, 9.17) is 0 Å². The predicted octanol–water partition coefficient (Wildman–Crippen LogP) is 0.742. The van der Waals surface area contributed by atoms with Gasteiger partial charge in [0.2, 0.25) is 5.91 Å². The van der Waals surface area contributed by atoms with Crippen LogP contribution in [0.3, 0.4) is 0 Å². The van der Waals surface area contributed by atoms with Gasteiger partial charge >= 0.3 is 0 Å². The summed E-state index contributed by atoms with van der Waals surface area (Å²) in [5.41, 5.74) is 0.702. The van der Waals surface area contributed by atoms with Crippen molar-refractivity contribution in [1.29, 1.82) is 0 Å². The molecule has 1 aromatic rings. The van der Waals surface area contributed by atoms with Crippen molar-refractivity contribution in [2.45, 2.75) is 18.9 Å². The standard InChI is InChI=1S/C16H20N2O3/c19-14-10-18(11-14)16(21)13-6-8-17(9-7-13)15(20)12-4-2-1-3-5-12/h1-5,13-14,19H,6-11H2. The molecule has 0 unspecified atom stereocenters. The molecule has 0 spiro atoms. The van der Waals surface area contributed by atoms with E-state index in [2.05, 4.69) is 0 Å². The first-order chi connectivity index (χ1) is 10.1. The van der Waals surface area contributed by atoms with Crippen molar-refractivity contribution in [1.82, 2.24) is 9.80 Å². The SMILES string of the molecule is O=C(c1ccccc1)N1CCC(C(=O)N2CC(O)C2)CC1. The lowest BCUT2D eigenvalue weighted by Gasteiger charge is -2.40. The fourth-order valence-corrected chi connectivity index (χ4v) is 2.99. The Morgan fingerprint density at radius 1 is 1.00 bits per heavy atom. The normalized spacial score (nSPS) is 20.2. The first-order valence-electron chi connectivity index (χ1n) is 7.46. The average molecular weight is 288 g/mol. The maximum atomic E-state index is 12.3. The highest BCUT2D eigenvalue weighted by atomic mass is 16.3. The fraction of sp³-hybridized carbons (Fsp3) is 0.500. The van der Waals surface area contributed by atoms with Crippen LogP contribution >= 0.6 is 0 Å². The van der Waals surface area contributed by atoms with E-state index in [0.29, 0.717) is 44.6 Å². The summed E-state index contributed by atoms with van der Waals surface area (Å²) in [6.07, 6.45) is 1.07. The van der Waals surface area contributed by atoms with Gasteiger partial charge in [-0.05, 0) is 25.0 Å². The van der Waals surface area contributed by atoms with Crippen molar-refractivity contribution in [3.8, 4) is 0 Å². The fourth-order valence-electron chi connectivity index (χ4n) is 2.99. The number of β-amino-alcohol motifs (C(OH)–C–C–N with tert-alkyl or cyclic N) is 1. The highest BCUT2D eigenvalue weighted by Crippen LogP contribution is 2.23. The number of hydrogen-bond acceptors (Lipinski definition) is 3. The first-order valence-corrected chi connectivity index (χ1v) is 7.46. The molecular formula is C16H20N2O3. The summed E-state index contributed by atoms with van der Waals surface area (Å²) in [6, 6.07) is 9.25. The molecule has 0 radical (unpaired) electrons. The number of nitrogens with zero attached hydrogens (tertiary/aromatic N) is 2. The molecule has 0 aliphatic carbocycles. The highest BCUT2D eigenvalue weighted by Gasteiger charge is 2.35. The molecule has 2 saturated heterocycles. The first kappa shape index (κ1) is 14.1. The monoisotopic (exact) mass is 288 g/mol. The molecule has 1 aromatic carbocycles. The Morgan fingerprint density at radius 3 is 2.19 bits per heavy atom. The van der Waals surface area contributed by atoms with Crippen molar-refractivity contribution >= 4 is 11.8 Å². The van der Waals surface area contributed by atoms with Crippen LogP contribution in [0.15, 0.2) is 30.3 Å². The number of likely N-dealkylation sites (tertiary alicyclic amines) is 2. The van der Waals surface area contributed by atoms with E-state index >= 15 is 0 Å². The third-order valence-electron chi connectivity index (χ3n) is 4.33. The molecule has 2 fully saturated rings. The summed E-state index contributed by atoms with van der Waals surface area (Å²) in [5, 5.41) is 9.26. The van der Waals surface area contributed by atoms with E-state index in [0.717, 1.165) is 0 Å². The van der Waals surface area contributed by atoms with Crippen LogP contribution in [-0.2, 0) is 4.79 Å². The maximum Gasteiger partial charge on any atom is 0.253 e. The predicted molar refractivity (Wildman–Crippen MR) is 77.7 cm³/mol. The van der Waals surface area contributed by atoms with Crippen molar-refractivity contribution in [3.63, 3.8) is 0 Å². The van der Waals surface area contributed by atoms with Gasteiger partial charge in [0.1, 0.15) is 0 Å². The number of carbonyl (C=O) groups is 2. The number of amides is 2. The molecule has 0 bridgehead atoms. The Balaban J connectivity index is 1.53. The molecule has 1 N–H and O–H groups in total. The minimum Gasteiger partial charge on any atom is -0.389 e. The number of carbonyl (C=O) groups excluding carboxylic acids is 2. The number of hydrogen-bond donors (Lipinski definition) is 1. The number of aliphatic hydroxyl groups excluding tert-OH is 1. The minimum absolute atomic E-state index is 0.00248. The molecule has 112 valence electrons. The van der Waals surface area contributed by atoms with Crippen molar-refractivity contribution in [2.24, 2.45) is 5.92 Å². The van der Waals surface area contributed by atoms with Gasteiger partial charge in [-0.25, -0.2) is 0 Å². The van der Waals surface area contributed by atoms with E-state index in [1.54, 1.807) is 4.90 Å². The summed E-state index contributed by atoms with van der Waals surface area (Å²) < 4.78 is 0. The second kappa shape index (κ2) is 5.85. The second-order valence-corrected chi connectivity index (χ2v) is 5.83. The number of piperidine rings is 1. The van der Waals surface area contributed by atoms with Gasteiger partial charge < -0.3 is 14.9 Å². The van der Waals surface area contributed by atoms with Crippen molar-refractivity contribution in [2.75, 3.05) is 26.2 Å². The molecule has 5 nitrogen and oxygen atoms in total. The van der Waals surface area contributed by atoms with E-state index in [-0.39, 0.29) is 23.8 Å². The zero-order valence-electron chi connectivity index (χ0n) is 11.9. The van der Waals surface area contributed by atoms with Crippen LogP contribution in [0, 0.1) is 5.92 Å². The third-order valence-corrected chi connectivity index (χ3v) is 4.33. The summed E-state index contributed by atoms with van der Waals surface area (Å²) in [5.74, 6) is 0.172. The van der Waals surface area contributed by atoms with Crippen molar-refractivity contribution in [3.05, 3.63) is 35.9 Å². The molecule has 2 amide bonds. The summed E-state index contributed by atoms with van der Waals surface area (Å²) in [4.78, 5) is 28.0. The van der Waals surface area contributed by atoms with Gasteiger partial charge in [-0.3, -0.25) is 9.59 Å². The molecule has 2 aliphatic heterocycles. The van der Waals surface area contributed by atoms with Gasteiger partial charge in [0.05, 0.1) is 6.10 Å². The average Bonchev–Trinajstić information content (AvgIpc) is 2.51. The second-order valence-electron chi connectivity index (χ2n) is 5.83. The Hall–Kier alpha value is -1.88. The lowest BCUT2D eigenvalue weighted by molar-refractivity contribution is -0.147. The zero-order valence-corrected chi connectivity index (χ0v) is 11.9. The molecule has 0 aromatic heterocycles. The van der Waals surface area contributed by atoms with Gasteiger partial charge in [-0.2, -0.15) is 0 Å². The number of benzene rings is 1. The van der Waals surface area contributed by atoms with Gasteiger partial charge in [0.25, 0.3) is 5.91 Å². The summed E-state index contributed by atoms with van der Waals surface area (Å²) in [6.45, 7) is 2.17. The van der Waals surface area contributed by atoms with E-state index in [1.165, 1.54) is 0 Å². The molecule has 5 heteroatoms. The topological polar surface area (TPSA) is 60.9 Å². The number of rotatable bonds is 2. The van der Waals surface area contributed by atoms with Crippen LogP contribution in [0.25, 0.3) is 0 Å². The largest absolute Gasteiger partial charge is 0.389 e.